The van der Waals surface area contributed by atoms with Crippen molar-refractivity contribution in [3.8, 4) is 5.75 Å². The number of hydrogen-bond donors (Lipinski definition) is 1. The highest BCUT2D eigenvalue weighted by atomic mass is 19.1. The number of rotatable bonds is 9. The van der Waals surface area contributed by atoms with Gasteiger partial charge in [0.15, 0.2) is 11.6 Å². The van der Waals surface area contributed by atoms with Crippen LogP contribution in [0.15, 0.2) is 78.9 Å². The quantitative estimate of drug-likeness (QED) is 0.219. The molecule has 0 spiro atoms. The van der Waals surface area contributed by atoms with Gasteiger partial charge in [-0.15, -0.1) is 0 Å². The molecule has 1 unspecified atom stereocenters. The fourth-order valence-electron chi connectivity index (χ4n) is 5.45. The average molecular weight is 465 g/mol. The molecule has 1 fully saturated rings. The van der Waals surface area contributed by atoms with Crippen LogP contribution in [0.3, 0.4) is 0 Å². The molecule has 0 radical (unpaired) electrons. The van der Waals surface area contributed by atoms with Crippen LogP contribution in [-0.4, -0.2) is 43.7 Å². The molecule has 0 amide bonds. The van der Waals surface area contributed by atoms with E-state index in [9.17, 15) is 13.9 Å². The monoisotopic (exact) mass is 464 g/mol. The topological polar surface area (TPSA) is 56.1 Å². The van der Waals surface area contributed by atoms with Gasteiger partial charge in [0.2, 0.25) is 0 Å². The smallest absolute Gasteiger partial charge is 0.167 e. The van der Waals surface area contributed by atoms with E-state index in [-0.39, 0.29) is 11.7 Å². The van der Waals surface area contributed by atoms with Gasteiger partial charge in [-0.05, 0) is 29.2 Å². The third kappa shape index (κ3) is 4.68. The molecule has 2 atom stereocenters. The van der Waals surface area contributed by atoms with Crippen molar-refractivity contribution in [3.63, 3.8) is 0 Å². The lowest BCUT2D eigenvalue weighted by atomic mass is 9.65. The normalized spacial score (nSPS) is 20.3. The van der Waals surface area contributed by atoms with Crippen LogP contribution in [0.1, 0.15) is 24.0 Å². The van der Waals surface area contributed by atoms with Gasteiger partial charge in [-0.1, -0.05) is 60.7 Å². The number of nitrogens with zero attached hydrogens (tertiary/aromatic N) is 1. The van der Waals surface area contributed by atoms with Gasteiger partial charge in [0.1, 0.15) is 5.82 Å². The van der Waals surface area contributed by atoms with Gasteiger partial charge < -0.3 is 19.7 Å². The van der Waals surface area contributed by atoms with E-state index in [0.29, 0.717) is 13.0 Å². The summed E-state index contributed by atoms with van der Waals surface area (Å²) in [5, 5.41) is 21.5. The number of likely N-dealkylation sites (tertiary alicyclic amines) is 1. The van der Waals surface area contributed by atoms with Crippen LogP contribution >= 0.6 is 0 Å². The van der Waals surface area contributed by atoms with Crippen LogP contribution in [0.25, 0.3) is 0 Å². The highest BCUT2D eigenvalue weighted by Gasteiger charge is 2.49. The molecule has 6 heteroatoms. The van der Waals surface area contributed by atoms with E-state index in [1.165, 1.54) is 12.1 Å². The summed E-state index contributed by atoms with van der Waals surface area (Å²) in [6, 6.07) is 22.6. The van der Waals surface area contributed by atoms with Crippen molar-refractivity contribution in [2.75, 3.05) is 33.3 Å². The molecule has 34 heavy (non-hydrogen) atoms. The molecular weight excluding hydrogens is 434 g/mol. The van der Waals surface area contributed by atoms with Gasteiger partial charge in [-0.2, -0.15) is 0 Å². The van der Waals surface area contributed by atoms with Crippen molar-refractivity contribution in [1.82, 2.24) is 0 Å². The van der Waals surface area contributed by atoms with Crippen molar-refractivity contribution >= 4 is 5.90 Å². The first-order valence-corrected chi connectivity index (χ1v) is 11.6. The molecule has 0 aliphatic carbocycles. The minimum atomic E-state index is -1.02. The summed E-state index contributed by atoms with van der Waals surface area (Å²) in [6.07, 6.45) is 1.51. The first-order chi connectivity index (χ1) is 16.3. The SMILES string of the molecule is C[N+]1(CCCOc2ccc(F)cc2F)CC[C@@H](C(C(=N)[O-])(c2ccccc2)c2ccccc2)C1. The summed E-state index contributed by atoms with van der Waals surface area (Å²) in [4.78, 5) is 0. The number of ether oxygens (including phenoxy) is 1. The summed E-state index contributed by atoms with van der Waals surface area (Å²) in [5.74, 6) is -1.89. The molecule has 3 aromatic rings. The minimum Gasteiger partial charge on any atom is -0.861 e. The summed E-state index contributed by atoms with van der Waals surface area (Å²) in [5.41, 5.74) is 0.691. The lowest BCUT2D eigenvalue weighted by Crippen LogP contribution is -2.52. The van der Waals surface area contributed by atoms with E-state index in [0.717, 1.165) is 47.7 Å². The molecule has 1 N–H and O–H groups in total. The van der Waals surface area contributed by atoms with E-state index < -0.39 is 22.9 Å². The molecule has 0 bridgehead atoms. The van der Waals surface area contributed by atoms with Crippen molar-refractivity contribution < 1.29 is 23.1 Å². The molecule has 0 aromatic heterocycles. The van der Waals surface area contributed by atoms with E-state index in [2.05, 4.69) is 7.05 Å². The first-order valence-electron chi connectivity index (χ1n) is 11.6. The number of nitrogens with one attached hydrogen (secondary N) is 1. The second kappa shape index (κ2) is 9.94. The predicted molar refractivity (Wildman–Crippen MR) is 127 cm³/mol. The Morgan fingerprint density at radius 1 is 1.03 bits per heavy atom. The summed E-state index contributed by atoms with van der Waals surface area (Å²) in [6.45, 7) is 2.75. The molecule has 1 heterocycles. The fourth-order valence-corrected chi connectivity index (χ4v) is 5.45. The van der Waals surface area contributed by atoms with E-state index >= 15 is 0 Å². The lowest BCUT2D eigenvalue weighted by molar-refractivity contribution is -0.899. The summed E-state index contributed by atoms with van der Waals surface area (Å²) >= 11 is 0. The van der Waals surface area contributed by atoms with E-state index in [1.807, 2.05) is 60.7 Å². The van der Waals surface area contributed by atoms with Crippen LogP contribution in [0.4, 0.5) is 8.78 Å². The molecule has 1 saturated heterocycles. The average Bonchev–Trinajstić information content (AvgIpc) is 3.22. The summed E-state index contributed by atoms with van der Waals surface area (Å²) in [7, 11) is 2.16. The Bertz CT molecular complexity index is 1080. The molecule has 1 aliphatic heterocycles. The zero-order chi connectivity index (χ0) is 24.2. The molecule has 1 aliphatic rings. The highest BCUT2D eigenvalue weighted by molar-refractivity contribution is 5.87. The fraction of sp³-hybridized carbons (Fsp3) is 0.321. The molecule has 3 aromatic carbocycles. The van der Waals surface area contributed by atoms with Crippen molar-refractivity contribution in [1.29, 1.82) is 5.41 Å². The Morgan fingerprint density at radius 2 is 1.65 bits per heavy atom. The van der Waals surface area contributed by atoms with Crippen molar-refractivity contribution in [2.24, 2.45) is 5.92 Å². The zero-order valence-electron chi connectivity index (χ0n) is 19.3. The maximum atomic E-state index is 13.8. The molecular formula is C28H30F2N2O2. The van der Waals surface area contributed by atoms with Gasteiger partial charge in [0.05, 0.1) is 38.7 Å². The molecule has 0 saturated carbocycles. The van der Waals surface area contributed by atoms with Crippen LogP contribution in [0, 0.1) is 23.0 Å². The van der Waals surface area contributed by atoms with Crippen molar-refractivity contribution in [3.05, 3.63) is 102 Å². The van der Waals surface area contributed by atoms with Gasteiger partial charge in [-0.25, -0.2) is 8.78 Å². The Labute approximate surface area is 199 Å². The van der Waals surface area contributed by atoms with Gasteiger partial charge in [0.25, 0.3) is 0 Å². The van der Waals surface area contributed by atoms with Crippen LogP contribution in [0.5, 0.6) is 5.75 Å². The number of quaternary nitrogens is 1. The largest absolute Gasteiger partial charge is 0.861 e. The lowest BCUT2D eigenvalue weighted by Gasteiger charge is -2.43. The standard InChI is InChI=1S/C28H30F2N2O2/c1-32(16-8-18-34-26-14-13-24(29)19-25(26)30)17-15-23(20-32)28(27(31)33,21-9-4-2-5-10-21)22-11-6-3-7-12-22/h2-7,9-14,19,23H,8,15-18,20H2,1H3,(H-,31,33)/t23-,32?/m1/s1. The molecule has 4 rings (SSSR count). The number of benzene rings is 3. The van der Waals surface area contributed by atoms with Crippen LogP contribution in [-0.2, 0) is 5.41 Å². The number of halogens is 2. The number of hydrogen-bond acceptors (Lipinski definition) is 3. The Hall–Kier alpha value is -3.25. The van der Waals surface area contributed by atoms with Gasteiger partial charge in [0, 0.05) is 24.8 Å². The van der Waals surface area contributed by atoms with Crippen LogP contribution in [0.2, 0.25) is 0 Å². The predicted octanol–water partition coefficient (Wildman–Crippen LogP) is 4.52. The van der Waals surface area contributed by atoms with Crippen LogP contribution < -0.4 is 9.84 Å². The second-order valence-corrected chi connectivity index (χ2v) is 9.38. The first kappa shape index (κ1) is 23.9. The second-order valence-electron chi connectivity index (χ2n) is 9.38. The van der Waals surface area contributed by atoms with Gasteiger partial charge in [-0.3, -0.25) is 0 Å². The Morgan fingerprint density at radius 3 is 2.21 bits per heavy atom. The van der Waals surface area contributed by atoms with E-state index in [4.69, 9.17) is 10.1 Å². The molecule has 4 nitrogen and oxygen atoms in total. The summed E-state index contributed by atoms with van der Waals surface area (Å²) < 4.78 is 33.2. The van der Waals surface area contributed by atoms with Crippen molar-refractivity contribution in [2.45, 2.75) is 18.3 Å². The maximum absolute atomic E-state index is 13.8. The van der Waals surface area contributed by atoms with Gasteiger partial charge >= 0.3 is 0 Å². The van der Waals surface area contributed by atoms with E-state index in [1.54, 1.807) is 0 Å². The maximum Gasteiger partial charge on any atom is 0.167 e. The third-order valence-corrected chi connectivity index (χ3v) is 7.10. The Balaban J connectivity index is 1.51. The Kier molecular flexibility index (Phi) is 6.98. The highest BCUT2D eigenvalue weighted by Crippen LogP contribution is 2.45. The third-order valence-electron chi connectivity index (χ3n) is 7.10. The minimum absolute atomic E-state index is 0.0252. The zero-order valence-corrected chi connectivity index (χ0v) is 19.3. The molecule has 178 valence electrons.